The largest absolute Gasteiger partial charge is 0.494 e. The van der Waals surface area contributed by atoms with Gasteiger partial charge in [0.25, 0.3) is 0 Å². The molecule has 7 rings (SSSR count). The summed E-state index contributed by atoms with van der Waals surface area (Å²) in [5, 5.41) is 8.69. The minimum Gasteiger partial charge on any atom is -0.494 e. The molecule has 1 amide bonds. The van der Waals surface area contributed by atoms with Gasteiger partial charge in [-0.15, -0.1) is 5.10 Å². The Morgan fingerprint density at radius 3 is 2.95 bits per heavy atom. The van der Waals surface area contributed by atoms with Crippen LogP contribution in [0.4, 0.5) is 5.69 Å². The summed E-state index contributed by atoms with van der Waals surface area (Å²) in [6, 6.07) is 16.4. The van der Waals surface area contributed by atoms with E-state index in [9.17, 15) is 4.79 Å². The first-order valence-corrected chi connectivity index (χ1v) is 12.9. The number of fused-ring (bicyclic) bond motifs is 8. The number of nitrogens with zero attached hydrogens (tertiary/aromatic N) is 7. The van der Waals surface area contributed by atoms with Crippen LogP contribution in [-0.2, 0) is 36.9 Å². The van der Waals surface area contributed by atoms with Gasteiger partial charge in [0.05, 0.1) is 42.8 Å². The molecule has 6 bridgehead atoms. The summed E-state index contributed by atoms with van der Waals surface area (Å²) < 4.78 is 10.1. The summed E-state index contributed by atoms with van der Waals surface area (Å²) in [5.41, 5.74) is 4.35. The van der Waals surface area contributed by atoms with Crippen molar-refractivity contribution in [3.8, 4) is 5.75 Å². The predicted molar refractivity (Wildman–Crippen MR) is 137 cm³/mol. The molecule has 1 fully saturated rings. The molecule has 0 unspecified atom stereocenters. The number of para-hydroxylation sites is 1. The van der Waals surface area contributed by atoms with Gasteiger partial charge in [-0.2, -0.15) is 0 Å². The number of benzene rings is 2. The number of carbonyl (C=O) groups is 1. The van der Waals surface area contributed by atoms with Crippen molar-refractivity contribution in [2.24, 2.45) is 7.05 Å². The van der Waals surface area contributed by atoms with Crippen LogP contribution in [0.2, 0.25) is 0 Å². The van der Waals surface area contributed by atoms with Gasteiger partial charge in [0.1, 0.15) is 11.4 Å². The molecular weight excluding hydrogens is 466 g/mol. The van der Waals surface area contributed by atoms with Gasteiger partial charge in [-0.05, 0) is 35.7 Å². The van der Waals surface area contributed by atoms with Crippen LogP contribution in [0.25, 0.3) is 0 Å². The van der Waals surface area contributed by atoms with Gasteiger partial charge in [0, 0.05) is 45.0 Å². The first kappa shape index (κ1) is 22.2. The summed E-state index contributed by atoms with van der Waals surface area (Å²) in [5.74, 6) is 0.951. The zero-order valence-electron chi connectivity index (χ0n) is 20.8. The van der Waals surface area contributed by atoms with Gasteiger partial charge < -0.3 is 14.2 Å². The number of aryl methyl sites for hydroxylation is 2. The van der Waals surface area contributed by atoms with E-state index < -0.39 is 5.41 Å². The minimum absolute atomic E-state index is 0.127. The number of rotatable bonds is 2. The molecule has 1 spiro atoms. The maximum absolute atomic E-state index is 14.6. The van der Waals surface area contributed by atoms with Crippen molar-refractivity contribution in [2.75, 3.05) is 18.1 Å². The van der Waals surface area contributed by atoms with E-state index in [1.807, 2.05) is 59.6 Å². The molecule has 0 radical (unpaired) electrons. The van der Waals surface area contributed by atoms with Gasteiger partial charge in [-0.1, -0.05) is 35.5 Å². The summed E-state index contributed by atoms with van der Waals surface area (Å²) in [4.78, 5) is 23.3. The molecule has 2 aromatic heterocycles. The normalized spacial score (nSPS) is 23.2. The average Bonchev–Trinajstić information content (AvgIpc) is 3.67. The third-order valence-corrected chi connectivity index (χ3v) is 8.09. The van der Waals surface area contributed by atoms with Crippen molar-refractivity contribution in [3.05, 3.63) is 89.8 Å². The lowest BCUT2D eigenvalue weighted by atomic mass is 9.72. The van der Waals surface area contributed by atoms with E-state index in [4.69, 9.17) is 4.74 Å². The van der Waals surface area contributed by atoms with Crippen molar-refractivity contribution >= 4 is 11.6 Å². The number of amides is 1. The van der Waals surface area contributed by atoms with E-state index >= 15 is 0 Å². The molecule has 5 heterocycles. The van der Waals surface area contributed by atoms with Crippen LogP contribution in [0.1, 0.15) is 41.4 Å². The first-order chi connectivity index (χ1) is 18.1. The monoisotopic (exact) mass is 495 g/mol. The molecule has 2 atom stereocenters. The highest BCUT2D eigenvalue weighted by Gasteiger charge is 2.60. The van der Waals surface area contributed by atoms with E-state index in [0.29, 0.717) is 26.2 Å². The van der Waals surface area contributed by atoms with Crippen LogP contribution in [0.3, 0.4) is 0 Å². The molecule has 0 aliphatic carbocycles. The Bertz CT molecular complexity index is 1480. The second-order valence-electron chi connectivity index (χ2n) is 10.2. The predicted octanol–water partition coefficient (Wildman–Crippen LogP) is 3.23. The number of aromatic nitrogens is 5. The van der Waals surface area contributed by atoms with Crippen LogP contribution in [0, 0.1) is 0 Å². The zero-order valence-corrected chi connectivity index (χ0v) is 20.8. The number of carbonyl (C=O) groups excluding carboxylic acids is 1. The zero-order chi connectivity index (χ0) is 25.0. The first-order valence-electron chi connectivity index (χ1n) is 12.9. The summed E-state index contributed by atoms with van der Waals surface area (Å²) in [6.45, 7) is 3.20. The van der Waals surface area contributed by atoms with E-state index in [2.05, 4.69) is 49.0 Å². The lowest BCUT2D eigenvalue weighted by Crippen LogP contribution is -2.44. The van der Waals surface area contributed by atoms with E-state index in [0.717, 1.165) is 53.3 Å². The van der Waals surface area contributed by atoms with Crippen molar-refractivity contribution in [1.82, 2.24) is 29.4 Å². The summed E-state index contributed by atoms with van der Waals surface area (Å²) in [7, 11) is 2.02. The van der Waals surface area contributed by atoms with Gasteiger partial charge in [-0.3, -0.25) is 14.4 Å². The summed E-state index contributed by atoms with van der Waals surface area (Å²) >= 11 is 0. The fourth-order valence-corrected chi connectivity index (χ4v) is 6.40. The SMILES string of the molecule is Cn1cncc1CN1CC[C@@]23C(=O)N(Cc4cn(nn4)CCCOc4cccc(c4)[C@H]12)c1ccccc13. The molecule has 1 saturated heterocycles. The maximum Gasteiger partial charge on any atom is 0.240 e. The van der Waals surface area contributed by atoms with Crippen LogP contribution in [0.15, 0.2) is 67.3 Å². The van der Waals surface area contributed by atoms with Crippen LogP contribution in [-0.4, -0.2) is 48.5 Å². The van der Waals surface area contributed by atoms with E-state index in [1.165, 1.54) is 0 Å². The number of hydrogen-bond acceptors (Lipinski definition) is 6. The second kappa shape index (κ2) is 8.55. The van der Waals surface area contributed by atoms with Gasteiger partial charge >= 0.3 is 0 Å². The Kier molecular flexibility index (Phi) is 5.14. The molecule has 0 saturated carbocycles. The number of anilines is 1. The van der Waals surface area contributed by atoms with E-state index in [-0.39, 0.29) is 11.9 Å². The molecule has 2 aromatic carbocycles. The Labute approximate surface area is 215 Å². The maximum atomic E-state index is 14.6. The highest BCUT2D eigenvalue weighted by Crippen LogP contribution is 2.57. The molecule has 4 aromatic rings. The van der Waals surface area contributed by atoms with E-state index in [1.54, 1.807) is 0 Å². The van der Waals surface area contributed by atoms with Gasteiger partial charge in [-0.25, -0.2) is 4.98 Å². The Morgan fingerprint density at radius 1 is 1.14 bits per heavy atom. The van der Waals surface area contributed by atoms with Gasteiger partial charge in [0.2, 0.25) is 5.91 Å². The third kappa shape index (κ3) is 3.48. The number of hydrogen-bond donors (Lipinski definition) is 0. The van der Waals surface area contributed by atoms with Crippen LogP contribution < -0.4 is 9.64 Å². The number of likely N-dealkylation sites (tertiary alicyclic amines) is 1. The molecule has 188 valence electrons. The standard InChI is InChI=1S/C28H29N7O2/c1-32-19-29-15-22(32)18-33-12-10-28-24-8-2-3-9-25(24)35(27(28)36)17-21-16-34(31-30-21)11-5-13-37-23-7-4-6-20(14-23)26(28)33/h2-4,6-9,14-16,19,26H,5,10-13,17-18H2,1H3/t26-,28-/m0/s1. The van der Waals surface area contributed by atoms with Crippen molar-refractivity contribution in [2.45, 2.75) is 43.9 Å². The molecule has 3 aliphatic rings. The van der Waals surface area contributed by atoms with Crippen molar-refractivity contribution in [1.29, 1.82) is 0 Å². The smallest absolute Gasteiger partial charge is 0.240 e. The highest BCUT2D eigenvalue weighted by molar-refractivity contribution is 6.09. The lowest BCUT2D eigenvalue weighted by Gasteiger charge is -2.35. The molecule has 3 aliphatic heterocycles. The Balaban J connectivity index is 1.41. The number of ether oxygens (including phenoxy) is 1. The van der Waals surface area contributed by atoms with Crippen LogP contribution >= 0.6 is 0 Å². The summed E-state index contributed by atoms with van der Waals surface area (Å²) in [6.07, 6.45) is 7.24. The third-order valence-electron chi connectivity index (χ3n) is 8.09. The molecule has 37 heavy (non-hydrogen) atoms. The highest BCUT2D eigenvalue weighted by atomic mass is 16.5. The molecular formula is C28H29N7O2. The fraction of sp³-hybridized carbons (Fsp3) is 0.357. The van der Waals surface area contributed by atoms with Gasteiger partial charge in [0.15, 0.2) is 0 Å². The quantitative estimate of drug-likeness (QED) is 0.425. The molecule has 0 N–H and O–H groups in total. The minimum atomic E-state index is -0.704. The molecule has 9 heteroatoms. The average molecular weight is 496 g/mol. The Morgan fingerprint density at radius 2 is 2.05 bits per heavy atom. The topological polar surface area (TPSA) is 81.3 Å². The van der Waals surface area contributed by atoms with Crippen LogP contribution in [0.5, 0.6) is 5.75 Å². The fourth-order valence-electron chi connectivity index (χ4n) is 6.40. The Hall–Kier alpha value is -3.98. The second-order valence-corrected chi connectivity index (χ2v) is 10.2. The van der Waals surface area contributed by atoms with Crippen molar-refractivity contribution < 1.29 is 9.53 Å². The molecule has 9 nitrogen and oxygen atoms in total. The van der Waals surface area contributed by atoms with Crippen molar-refractivity contribution in [3.63, 3.8) is 0 Å². The lowest BCUT2D eigenvalue weighted by molar-refractivity contribution is -0.124. The number of imidazole rings is 1.